The number of aliphatic hydroxyl groups is 1. The van der Waals surface area contributed by atoms with Gasteiger partial charge in [0.2, 0.25) is 0 Å². The molecular weight excluding hydrogens is 392 g/mol. The molecule has 0 bridgehead atoms. The maximum absolute atomic E-state index is 13.1. The van der Waals surface area contributed by atoms with E-state index in [1.165, 1.54) is 4.90 Å². The van der Waals surface area contributed by atoms with Gasteiger partial charge in [0.05, 0.1) is 18.2 Å². The number of rotatable bonds is 5. The second-order valence-electron chi connectivity index (χ2n) is 7.24. The molecule has 2 heterocycles. The summed E-state index contributed by atoms with van der Waals surface area (Å²) in [6.07, 6.45) is 3.19. The lowest BCUT2D eigenvalue weighted by atomic mass is 9.95. The van der Waals surface area contributed by atoms with Crippen molar-refractivity contribution >= 4 is 23.1 Å². The van der Waals surface area contributed by atoms with E-state index in [4.69, 9.17) is 4.74 Å². The monoisotopic (exact) mass is 414 g/mol. The molecule has 0 radical (unpaired) electrons. The van der Waals surface area contributed by atoms with Gasteiger partial charge in [-0.3, -0.25) is 19.5 Å². The Hall–Kier alpha value is -3.93. The number of amides is 1. The van der Waals surface area contributed by atoms with Crippen molar-refractivity contribution in [3.8, 4) is 5.75 Å². The number of hydrogen-bond donors (Lipinski definition) is 1. The summed E-state index contributed by atoms with van der Waals surface area (Å²) in [6.45, 7) is 4.35. The molecule has 0 saturated carbocycles. The second kappa shape index (κ2) is 8.44. The van der Waals surface area contributed by atoms with Gasteiger partial charge >= 0.3 is 0 Å². The molecule has 31 heavy (non-hydrogen) atoms. The molecule has 1 unspecified atom stereocenters. The number of carbonyl (C=O) groups excluding carboxylic acids is 2. The van der Waals surface area contributed by atoms with Crippen molar-refractivity contribution in [2.45, 2.75) is 19.9 Å². The average molecular weight is 414 g/mol. The summed E-state index contributed by atoms with van der Waals surface area (Å²) in [6, 6.07) is 16.8. The predicted octanol–water partition coefficient (Wildman–Crippen LogP) is 4.42. The van der Waals surface area contributed by atoms with E-state index >= 15 is 0 Å². The van der Waals surface area contributed by atoms with Crippen molar-refractivity contribution in [3.05, 3.63) is 95.3 Å². The van der Waals surface area contributed by atoms with Crippen LogP contribution in [-0.2, 0) is 9.59 Å². The molecule has 1 fully saturated rings. The Morgan fingerprint density at radius 2 is 1.65 bits per heavy atom. The highest BCUT2D eigenvalue weighted by Crippen LogP contribution is 2.42. The number of Topliss-reactive ketones (excluding diaryl/α,β-unsaturated/α-hetero) is 1. The largest absolute Gasteiger partial charge is 0.507 e. The van der Waals surface area contributed by atoms with E-state index in [1.807, 2.05) is 26.0 Å². The van der Waals surface area contributed by atoms with Gasteiger partial charge in [0, 0.05) is 23.6 Å². The average Bonchev–Trinajstić information content (AvgIpc) is 3.06. The normalized spacial score (nSPS) is 17.7. The number of anilines is 1. The number of hydrogen-bond acceptors (Lipinski definition) is 5. The van der Waals surface area contributed by atoms with Crippen LogP contribution in [0.15, 0.2) is 78.6 Å². The van der Waals surface area contributed by atoms with Gasteiger partial charge in [0.1, 0.15) is 11.5 Å². The molecule has 1 amide bonds. The molecule has 2 aromatic carbocycles. The molecule has 3 aromatic rings. The van der Waals surface area contributed by atoms with Gasteiger partial charge in [-0.05, 0) is 55.8 Å². The van der Waals surface area contributed by atoms with E-state index in [0.29, 0.717) is 29.2 Å². The van der Waals surface area contributed by atoms with E-state index in [2.05, 4.69) is 4.98 Å². The maximum Gasteiger partial charge on any atom is 0.300 e. The number of pyridine rings is 1. The summed E-state index contributed by atoms with van der Waals surface area (Å²) in [5.41, 5.74) is 2.77. The quantitative estimate of drug-likeness (QED) is 0.380. The summed E-state index contributed by atoms with van der Waals surface area (Å²) in [5, 5.41) is 11.1. The first-order valence-electron chi connectivity index (χ1n) is 10.0. The Bertz CT molecular complexity index is 1140. The molecule has 1 atom stereocenters. The fraction of sp³-hybridized carbons (Fsp3) is 0.160. The van der Waals surface area contributed by atoms with Crippen LogP contribution in [0.3, 0.4) is 0 Å². The molecule has 1 aliphatic rings. The Balaban J connectivity index is 1.87. The molecule has 0 spiro atoms. The molecule has 0 aliphatic carbocycles. The Morgan fingerprint density at radius 1 is 1.00 bits per heavy atom. The summed E-state index contributed by atoms with van der Waals surface area (Å²) >= 11 is 0. The highest BCUT2D eigenvalue weighted by molar-refractivity contribution is 6.51. The molecule has 1 aliphatic heterocycles. The van der Waals surface area contributed by atoms with E-state index in [-0.39, 0.29) is 11.3 Å². The number of aromatic nitrogens is 1. The van der Waals surface area contributed by atoms with E-state index in [1.54, 1.807) is 60.9 Å². The summed E-state index contributed by atoms with van der Waals surface area (Å²) in [4.78, 5) is 31.6. The van der Waals surface area contributed by atoms with Gasteiger partial charge in [0.15, 0.2) is 0 Å². The third kappa shape index (κ3) is 3.80. The van der Waals surface area contributed by atoms with Crippen LogP contribution in [0.2, 0.25) is 0 Å². The highest BCUT2D eigenvalue weighted by atomic mass is 16.5. The molecular formula is C25H22N2O4. The summed E-state index contributed by atoms with van der Waals surface area (Å²) in [7, 11) is 0. The van der Waals surface area contributed by atoms with Gasteiger partial charge in [-0.15, -0.1) is 0 Å². The van der Waals surface area contributed by atoms with Crippen LogP contribution in [0.25, 0.3) is 5.76 Å². The molecule has 1 aromatic heterocycles. The number of carbonyl (C=O) groups is 2. The van der Waals surface area contributed by atoms with Crippen LogP contribution < -0.4 is 9.64 Å². The lowest BCUT2D eigenvalue weighted by Crippen LogP contribution is -2.29. The zero-order valence-electron chi connectivity index (χ0n) is 17.3. The first kappa shape index (κ1) is 20.3. The third-order valence-electron chi connectivity index (χ3n) is 5.22. The lowest BCUT2D eigenvalue weighted by molar-refractivity contribution is -0.132. The summed E-state index contributed by atoms with van der Waals surface area (Å²) < 4.78 is 5.48. The van der Waals surface area contributed by atoms with Crippen molar-refractivity contribution in [1.82, 2.24) is 4.98 Å². The van der Waals surface area contributed by atoms with Crippen LogP contribution >= 0.6 is 0 Å². The van der Waals surface area contributed by atoms with Gasteiger partial charge in [-0.2, -0.15) is 0 Å². The van der Waals surface area contributed by atoms with E-state index < -0.39 is 17.7 Å². The fourth-order valence-electron chi connectivity index (χ4n) is 3.70. The topological polar surface area (TPSA) is 79.7 Å². The minimum atomic E-state index is -0.776. The van der Waals surface area contributed by atoms with Crippen molar-refractivity contribution < 1.29 is 19.4 Å². The van der Waals surface area contributed by atoms with E-state index in [0.717, 1.165) is 5.56 Å². The van der Waals surface area contributed by atoms with E-state index in [9.17, 15) is 14.7 Å². The minimum Gasteiger partial charge on any atom is -0.507 e. The van der Waals surface area contributed by atoms with Gasteiger partial charge in [-0.25, -0.2) is 0 Å². The van der Waals surface area contributed by atoms with Crippen LogP contribution in [0.4, 0.5) is 5.69 Å². The van der Waals surface area contributed by atoms with Crippen LogP contribution in [-0.4, -0.2) is 28.4 Å². The van der Waals surface area contributed by atoms with Crippen molar-refractivity contribution in [1.29, 1.82) is 0 Å². The minimum absolute atomic E-state index is 0.0499. The number of ketones is 1. The Labute approximate surface area is 180 Å². The Kier molecular flexibility index (Phi) is 5.54. The fourth-order valence-corrected chi connectivity index (χ4v) is 3.70. The Morgan fingerprint density at radius 3 is 2.26 bits per heavy atom. The SMILES string of the molecule is CCOc1ccc(N2C(=O)C(=O)/C(=C(\O)c3ccc(C)cc3)C2c2ccncc2)cc1. The second-order valence-corrected chi connectivity index (χ2v) is 7.24. The zero-order valence-corrected chi connectivity index (χ0v) is 17.3. The van der Waals surface area contributed by atoms with Crippen molar-refractivity contribution in [3.63, 3.8) is 0 Å². The predicted molar refractivity (Wildman–Crippen MR) is 118 cm³/mol. The van der Waals surface area contributed by atoms with Crippen molar-refractivity contribution in [2.24, 2.45) is 0 Å². The number of benzene rings is 2. The highest BCUT2D eigenvalue weighted by Gasteiger charge is 2.46. The standard InChI is InChI=1S/C25H22N2O4/c1-3-31-20-10-8-19(9-11-20)27-22(17-12-14-26-15-13-17)21(24(29)25(27)30)23(28)18-6-4-16(2)5-7-18/h4-15,22,28H,3H2,1-2H3/b23-21-. The zero-order chi connectivity index (χ0) is 22.0. The summed E-state index contributed by atoms with van der Waals surface area (Å²) in [5.74, 6) is -0.954. The first-order valence-corrected chi connectivity index (χ1v) is 10.0. The molecule has 4 rings (SSSR count). The number of nitrogens with zero attached hydrogens (tertiary/aromatic N) is 2. The van der Waals surface area contributed by atoms with Crippen LogP contribution in [0, 0.1) is 6.92 Å². The van der Waals surface area contributed by atoms with Gasteiger partial charge in [0.25, 0.3) is 11.7 Å². The van der Waals surface area contributed by atoms with Gasteiger partial charge in [-0.1, -0.05) is 29.8 Å². The van der Waals surface area contributed by atoms with Crippen molar-refractivity contribution in [2.75, 3.05) is 11.5 Å². The lowest BCUT2D eigenvalue weighted by Gasteiger charge is -2.25. The number of aryl methyl sites for hydroxylation is 1. The molecule has 156 valence electrons. The smallest absolute Gasteiger partial charge is 0.300 e. The molecule has 1 saturated heterocycles. The first-order chi connectivity index (χ1) is 15.0. The number of aliphatic hydroxyl groups excluding tert-OH is 1. The molecule has 6 heteroatoms. The van der Waals surface area contributed by atoms with Crippen LogP contribution in [0.1, 0.15) is 29.7 Å². The van der Waals surface area contributed by atoms with Gasteiger partial charge < -0.3 is 9.84 Å². The molecule has 6 nitrogen and oxygen atoms in total. The maximum atomic E-state index is 13.1. The number of ether oxygens (including phenoxy) is 1. The van der Waals surface area contributed by atoms with Crippen LogP contribution in [0.5, 0.6) is 5.75 Å². The molecule has 1 N–H and O–H groups in total. The third-order valence-corrected chi connectivity index (χ3v) is 5.22.